The molecule has 1 atom stereocenters. The van der Waals surface area contributed by atoms with E-state index in [2.05, 4.69) is 35.3 Å². The van der Waals surface area contributed by atoms with Gasteiger partial charge in [0.15, 0.2) is 5.96 Å². The number of rotatable bonds is 3. The van der Waals surface area contributed by atoms with E-state index in [1.807, 2.05) is 0 Å². The van der Waals surface area contributed by atoms with Crippen LogP contribution >= 0.6 is 0 Å². The van der Waals surface area contributed by atoms with Gasteiger partial charge < -0.3 is 15.3 Å². The SMILES string of the molecule is CCNC(=NCc1ccc2c(c1)CCC2)N1CC[C@@H](O)C1. The molecule has 3 rings (SSSR count). The summed E-state index contributed by atoms with van der Waals surface area (Å²) in [5, 5.41) is 13.0. The van der Waals surface area contributed by atoms with E-state index in [0.717, 1.165) is 25.5 Å². The summed E-state index contributed by atoms with van der Waals surface area (Å²) >= 11 is 0. The second-order valence-corrected chi connectivity index (χ2v) is 6.02. The van der Waals surface area contributed by atoms with Crippen molar-refractivity contribution in [3.63, 3.8) is 0 Å². The molecule has 2 N–H and O–H groups in total. The highest BCUT2D eigenvalue weighted by Gasteiger charge is 2.22. The lowest BCUT2D eigenvalue weighted by Gasteiger charge is -2.21. The number of β-amino-alcohol motifs (C(OH)–C–C–N with tert-alkyl or cyclic N) is 1. The summed E-state index contributed by atoms with van der Waals surface area (Å²) in [5.74, 6) is 0.926. The van der Waals surface area contributed by atoms with Gasteiger partial charge in [-0.2, -0.15) is 0 Å². The Hall–Kier alpha value is -1.55. The average molecular weight is 287 g/mol. The van der Waals surface area contributed by atoms with Crippen LogP contribution in [0.4, 0.5) is 0 Å². The maximum absolute atomic E-state index is 9.68. The topological polar surface area (TPSA) is 47.9 Å². The number of aryl methyl sites for hydroxylation is 2. The number of guanidine groups is 1. The van der Waals surface area contributed by atoms with E-state index >= 15 is 0 Å². The second kappa shape index (κ2) is 6.48. The summed E-state index contributed by atoms with van der Waals surface area (Å²) in [5.41, 5.74) is 4.30. The molecule has 21 heavy (non-hydrogen) atoms. The van der Waals surface area contributed by atoms with Gasteiger partial charge in [-0.3, -0.25) is 0 Å². The average Bonchev–Trinajstić information content (AvgIpc) is 3.11. The van der Waals surface area contributed by atoms with Crippen molar-refractivity contribution in [2.75, 3.05) is 19.6 Å². The molecular formula is C17H25N3O. The van der Waals surface area contributed by atoms with Crippen molar-refractivity contribution in [1.82, 2.24) is 10.2 Å². The van der Waals surface area contributed by atoms with Gasteiger partial charge in [-0.25, -0.2) is 4.99 Å². The Labute approximate surface area is 126 Å². The molecular weight excluding hydrogens is 262 g/mol. The first-order valence-corrected chi connectivity index (χ1v) is 8.08. The zero-order valence-electron chi connectivity index (χ0n) is 12.8. The Morgan fingerprint density at radius 2 is 2.24 bits per heavy atom. The van der Waals surface area contributed by atoms with Gasteiger partial charge in [0.2, 0.25) is 0 Å². The molecule has 2 aliphatic rings. The molecule has 1 aromatic rings. The molecule has 114 valence electrons. The number of aliphatic hydroxyl groups excluding tert-OH is 1. The monoisotopic (exact) mass is 287 g/mol. The van der Waals surface area contributed by atoms with Gasteiger partial charge >= 0.3 is 0 Å². The molecule has 0 saturated carbocycles. The van der Waals surface area contributed by atoms with E-state index in [4.69, 9.17) is 4.99 Å². The number of benzene rings is 1. The minimum Gasteiger partial charge on any atom is -0.391 e. The largest absolute Gasteiger partial charge is 0.391 e. The number of fused-ring (bicyclic) bond motifs is 1. The Bertz CT molecular complexity index is 527. The molecule has 1 aromatic carbocycles. The highest BCUT2D eigenvalue weighted by atomic mass is 16.3. The smallest absolute Gasteiger partial charge is 0.194 e. The number of nitrogens with one attached hydrogen (secondary N) is 1. The van der Waals surface area contributed by atoms with Gasteiger partial charge in [0, 0.05) is 19.6 Å². The van der Waals surface area contributed by atoms with Crippen molar-refractivity contribution >= 4 is 5.96 Å². The second-order valence-electron chi connectivity index (χ2n) is 6.02. The van der Waals surface area contributed by atoms with E-state index in [9.17, 15) is 5.11 Å². The highest BCUT2D eigenvalue weighted by Crippen LogP contribution is 2.23. The van der Waals surface area contributed by atoms with Crippen molar-refractivity contribution < 1.29 is 5.11 Å². The van der Waals surface area contributed by atoms with Crippen molar-refractivity contribution in [3.05, 3.63) is 34.9 Å². The Kier molecular flexibility index (Phi) is 4.44. The van der Waals surface area contributed by atoms with E-state index in [1.54, 1.807) is 0 Å². The van der Waals surface area contributed by atoms with Gasteiger partial charge in [-0.05, 0) is 49.3 Å². The maximum atomic E-state index is 9.68. The molecule has 1 aliphatic carbocycles. The first-order chi connectivity index (χ1) is 10.3. The predicted molar refractivity (Wildman–Crippen MR) is 85.5 cm³/mol. The number of nitrogens with zero attached hydrogens (tertiary/aromatic N) is 2. The van der Waals surface area contributed by atoms with Crippen LogP contribution in [-0.4, -0.2) is 41.7 Å². The van der Waals surface area contributed by atoms with Gasteiger partial charge in [0.05, 0.1) is 12.6 Å². The number of aliphatic imine (C=N–C) groups is 1. The van der Waals surface area contributed by atoms with E-state index in [1.165, 1.54) is 36.0 Å². The molecule has 1 aliphatic heterocycles. The molecule has 1 fully saturated rings. The van der Waals surface area contributed by atoms with Crippen LogP contribution in [0.25, 0.3) is 0 Å². The van der Waals surface area contributed by atoms with Crippen molar-refractivity contribution in [2.45, 2.75) is 45.3 Å². The van der Waals surface area contributed by atoms with Crippen LogP contribution in [0, 0.1) is 0 Å². The van der Waals surface area contributed by atoms with E-state index in [0.29, 0.717) is 13.1 Å². The van der Waals surface area contributed by atoms with E-state index < -0.39 is 0 Å². The zero-order valence-corrected chi connectivity index (χ0v) is 12.8. The Morgan fingerprint density at radius 1 is 1.38 bits per heavy atom. The van der Waals surface area contributed by atoms with Crippen LogP contribution in [0.1, 0.15) is 36.5 Å². The minimum absolute atomic E-state index is 0.214. The van der Waals surface area contributed by atoms with Gasteiger partial charge in [0.25, 0.3) is 0 Å². The number of hydrogen-bond acceptors (Lipinski definition) is 2. The van der Waals surface area contributed by atoms with Crippen LogP contribution in [0.5, 0.6) is 0 Å². The third-order valence-electron chi connectivity index (χ3n) is 4.37. The van der Waals surface area contributed by atoms with Crippen LogP contribution in [0.3, 0.4) is 0 Å². The third kappa shape index (κ3) is 3.38. The number of aliphatic hydroxyl groups is 1. The first-order valence-electron chi connectivity index (χ1n) is 8.08. The van der Waals surface area contributed by atoms with Gasteiger partial charge in [0.1, 0.15) is 0 Å². The molecule has 0 amide bonds. The van der Waals surface area contributed by atoms with Crippen LogP contribution in [-0.2, 0) is 19.4 Å². The fourth-order valence-corrected chi connectivity index (χ4v) is 3.25. The molecule has 0 unspecified atom stereocenters. The quantitative estimate of drug-likeness (QED) is 0.657. The molecule has 4 nitrogen and oxygen atoms in total. The van der Waals surface area contributed by atoms with Crippen LogP contribution < -0.4 is 5.32 Å². The maximum Gasteiger partial charge on any atom is 0.194 e. The van der Waals surface area contributed by atoms with Crippen molar-refractivity contribution in [2.24, 2.45) is 4.99 Å². The molecule has 4 heteroatoms. The summed E-state index contributed by atoms with van der Waals surface area (Å²) in [6, 6.07) is 6.78. The summed E-state index contributed by atoms with van der Waals surface area (Å²) in [4.78, 5) is 6.90. The van der Waals surface area contributed by atoms with E-state index in [-0.39, 0.29) is 6.10 Å². The fraction of sp³-hybridized carbons (Fsp3) is 0.588. The lowest BCUT2D eigenvalue weighted by molar-refractivity contribution is 0.188. The summed E-state index contributed by atoms with van der Waals surface area (Å²) < 4.78 is 0. The molecule has 1 saturated heterocycles. The lowest BCUT2D eigenvalue weighted by Crippen LogP contribution is -2.40. The van der Waals surface area contributed by atoms with Crippen LogP contribution in [0.15, 0.2) is 23.2 Å². The molecule has 0 bridgehead atoms. The summed E-state index contributed by atoms with van der Waals surface area (Å²) in [6.07, 6.45) is 4.35. The summed E-state index contributed by atoms with van der Waals surface area (Å²) in [6.45, 7) is 5.22. The van der Waals surface area contributed by atoms with Crippen LogP contribution in [0.2, 0.25) is 0 Å². The highest BCUT2D eigenvalue weighted by molar-refractivity contribution is 5.80. The summed E-state index contributed by atoms with van der Waals surface area (Å²) in [7, 11) is 0. The Morgan fingerprint density at radius 3 is 3.00 bits per heavy atom. The van der Waals surface area contributed by atoms with Crippen molar-refractivity contribution in [1.29, 1.82) is 0 Å². The Balaban J connectivity index is 1.69. The lowest BCUT2D eigenvalue weighted by atomic mass is 10.1. The zero-order chi connectivity index (χ0) is 14.7. The number of likely N-dealkylation sites (tertiary alicyclic amines) is 1. The standard InChI is InChI=1S/C17H25N3O/c1-2-18-17(20-9-8-16(21)12-20)19-11-13-6-7-14-4-3-5-15(14)10-13/h6-7,10,16,21H,2-5,8-9,11-12H2,1H3,(H,18,19)/t16-/m1/s1. The predicted octanol–water partition coefficient (Wildman–Crippen LogP) is 1.71. The molecule has 0 radical (unpaired) electrons. The van der Waals surface area contributed by atoms with Crippen molar-refractivity contribution in [3.8, 4) is 0 Å². The van der Waals surface area contributed by atoms with Gasteiger partial charge in [-0.15, -0.1) is 0 Å². The fourth-order valence-electron chi connectivity index (χ4n) is 3.25. The molecule has 0 aromatic heterocycles. The minimum atomic E-state index is -0.214. The van der Waals surface area contributed by atoms with Gasteiger partial charge in [-0.1, -0.05) is 18.2 Å². The third-order valence-corrected chi connectivity index (χ3v) is 4.37. The molecule has 1 heterocycles. The normalized spacial score (nSPS) is 21.7. The number of hydrogen-bond donors (Lipinski definition) is 2. The molecule has 0 spiro atoms. The first kappa shape index (κ1) is 14.4.